The number of nitrogens with zero attached hydrogens (tertiary/aromatic N) is 7. The SMILES string of the molecule is Cc1ccn(-c2ccc(N3CCN(S(=O)(=O)c4cccnc4)CC3)nn2)n1. The van der Waals surface area contributed by atoms with Crippen LogP contribution in [-0.4, -0.2) is 63.9 Å². The van der Waals surface area contributed by atoms with Crippen LogP contribution < -0.4 is 4.90 Å². The first-order chi connectivity index (χ1) is 13.0. The van der Waals surface area contributed by atoms with E-state index in [9.17, 15) is 8.42 Å². The van der Waals surface area contributed by atoms with Crippen molar-refractivity contribution in [3.63, 3.8) is 0 Å². The minimum atomic E-state index is -3.51. The van der Waals surface area contributed by atoms with Gasteiger partial charge in [-0.3, -0.25) is 4.98 Å². The Kier molecular flexibility index (Phi) is 4.58. The second-order valence-electron chi connectivity index (χ2n) is 6.23. The van der Waals surface area contributed by atoms with Crippen molar-refractivity contribution in [2.75, 3.05) is 31.1 Å². The lowest BCUT2D eigenvalue weighted by molar-refractivity contribution is 0.383. The van der Waals surface area contributed by atoms with Gasteiger partial charge in [-0.2, -0.15) is 9.40 Å². The molecule has 1 fully saturated rings. The zero-order valence-electron chi connectivity index (χ0n) is 14.8. The number of piperazine rings is 1. The summed E-state index contributed by atoms with van der Waals surface area (Å²) >= 11 is 0. The maximum atomic E-state index is 12.7. The molecule has 0 aromatic carbocycles. The molecule has 0 N–H and O–H groups in total. The average Bonchev–Trinajstić information content (AvgIpc) is 3.15. The van der Waals surface area contributed by atoms with Gasteiger partial charge in [0.1, 0.15) is 4.90 Å². The third kappa shape index (κ3) is 3.53. The number of aromatic nitrogens is 5. The minimum absolute atomic E-state index is 0.220. The molecule has 0 spiro atoms. The summed E-state index contributed by atoms with van der Waals surface area (Å²) in [6, 6.07) is 8.83. The van der Waals surface area contributed by atoms with E-state index in [0.29, 0.717) is 32.0 Å². The van der Waals surface area contributed by atoms with Crippen LogP contribution >= 0.6 is 0 Å². The molecule has 0 radical (unpaired) electrons. The molecule has 10 heteroatoms. The van der Waals surface area contributed by atoms with Gasteiger partial charge in [-0.25, -0.2) is 13.1 Å². The third-order valence-electron chi connectivity index (χ3n) is 4.43. The summed E-state index contributed by atoms with van der Waals surface area (Å²) in [5.41, 5.74) is 0.909. The topological polar surface area (TPSA) is 97.1 Å². The highest BCUT2D eigenvalue weighted by Crippen LogP contribution is 2.19. The van der Waals surface area contributed by atoms with Gasteiger partial charge in [-0.05, 0) is 37.3 Å². The Balaban J connectivity index is 1.43. The van der Waals surface area contributed by atoms with Gasteiger partial charge < -0.3 is 4.90 Å². The number of pyridine rings is 1. The van der Waals surface area contributed by atoms with E-state index in [1.54, 1.807) is 23.0 Å². The first-order valence-electron chi connectivity index (χ1n) is 8.55. The van der Waals surface area contributed by atoms with E-state index in [0.717, 1.165) is 11.5 Å². The van der Waals surface area contributed by atoms with Crippen molar-refractivity contribution in [1.82, 2.24) is 29.3 Å². The Hall–Kier alpha value is -2.85. The van der Waals surface area contributed by atoms with Crippen LogP contribution in [0.5, 0.6) is 0 Å². The average molecular weight is 385 g/mol. The molecule has 1 saturated heterocycles. The zero-order valence-corrected chi connectivity index (χ0v) is 15.6. The predicted molar refractivity (Wildman–Crippen MR) is 99.1 cm³/mol. The number of rotatable bonds is 4. The fourth-order valence-corrected chi connectivity index (χ4v) is 4.34. The van der Waals surface area contributed by atoms with Crippen LogP contribution in [0.2, 0.25) is 0 Å². The second-order valence-corrected chi connectivity index (χ2v) is 8.17. The van der Waals surface area contributed by atoms with E-state index in [4.69, 9.17) is 0 Å². The van der Waals surface area contributed by atoms with Crippen LogP contribution in [0.3, 0.4) is 0 Å². The normalized spacial score (nSPS) is 15.8. The van der Waals surface area contributed by atoms with E-state index >= 15 is 0 Å². The van der Waals surface area contributed by atoms with Crippen LogP contribution in [0.15, 0.2) is 53.8 Å². The molecule has 4 rings (SSSR count). The van der Waals surface area contributed by atoms with Crippen molar-refractivity contribution in [2.45, 2.75) is 11.8 Å². The maximum Gasteiger partial charge on any atom is 0.244 e. The minimum Gasteiger partial charge on any atom is -0.352 e. The van der Waals surface area contributed by atoms with E-state index in [1.807, 2.05) is 36.2 Å². The Morgan fingerprint density at radius 3 is 2.30 bits per heavy atom. The van der Waals surface area contributed by atoms with Crippen molar-refractivity contribution in [1.29, 1.82) is 0 Å². The van der Waals surface area contributed by atoms with E-state index in [1.165, 1.54) is 10.5 Å². The molecule has 140 valence electrons. The highest BCUT2D eigenvalue weighted by atomic mass is 32.2. The second kappa shape index (κ2) is 7.05. The molecule has 3 aromatic heterocycles. The first kappa shape index (κ1) is 17.6. The lowest BCUT2D eigenvalue weighted by atomic mass is 10.3. The van der Waals surface area contributed by atoms with Crippen molar-refractivity contribution >= 4 is 15.8 Å². The Morgan fingerprint density at radius 2 is 1.70 bits per heavy atom. The van der Waals surface area contributed by atoms with Crippen molar-refractivity contribution in [3.05, 3.63) is 54.6 Å². The third-order valence-corrected chi connectivity index (χ3v) is 6.31. The van der Waals surface area contributed by atoms with Gasteiger partial charge in [-0.1, -0.05) is 0 Å². The van der Waals surface area contributed by atoms with Crippen LogP contribution in [0.1, 0.15) is 5.69 Å². The standard InChI is InChI=1S/C17H19N7O2S/c1-14-6-8-24(21-14)17-5-4-16(19-20-17)22-9-11-23(12-10-22)27(25,26)15-3-2-7-18-13-15/h2-8,13H,9-12H2,1H3. The van der Waals surface area contributed by atoms with Crippen molar-refractivity contribution in [3.8, 4) is 5.82 Å². The summed E-state index contributed by atoms with van der Waals surface area (Å²) in [6.07, 6.45) is 4.77. The van der Waals surface area contributed by atoms with Crippen molar-refractivity contribution < 1.29 is 8.42 Å². The van der Waals surface area contributed by atoms with Gasteiger partial charge in [0, 0.05) is 44.8 Å². The van der Waals surface area contributed by atoms with E-state index < -0.39 is 10.0 Å². The molecule has 1 aliphatic heterocycles. The summed E-state index contributed by atoms with van der Waals surface area (Å²) in [4.78, 5) is 6.15. The van der Waals surface area contributed by atoms with Gasteiger partial charge in [0.25, 0.3) is 0 Å². The predicted octanol–water partition coefficient (Wildman–Crippen LogP) is 0.877. The largest absolute Gasteiger partial charge is 0.352 e. The molecule has 4 heterocycles. The van der Waals surface area contributed by atoms with Gasteiger partial charge in [0.2, 0.25) is 10.0 Å². The lowest BCUT2D eigenvalue weighted by Gasteiger charge is -2.34. The molecule has 0 aliphatic carbocycles. The highest BCUT2D eigenvalue weighted by molar-refractivity contribution is 7.89. The molecule has 1 aliphatic rings. The molecule has 9 nitrogen and oxygen atoms in total. The Labute approximate surface area is 157 Å². The van der Waals surface area contributed by atoms with Crippen LogP contribution in [0.4, 0.5) is 5.82 Å². The first-order valence-corrected chi connectivity index (χ1v) is 9.99. The molecule has 27 heavy (non-hydrogen) atoms. The number of anilines is 1. The van der Waals surface area contributed by atoms with E-state index in [-0.39, 0.29) is 4.90 Å². The van der Waals surface area contributed by atoms with Gasteiger partial charge in [0.15, 0.2) is 11.6 Å². The summed E-state index contributed by atoms with van der Waals surface area (Å²) in [5.74, 6) is 1.37. The van der Waals surface area contributed by atoms with Gasteiger partial charge in [-0.15, -0.1) is 10.2 Å². The summed E-state index contributed by atoms with van der Waals surface area (Å²) in [7, 11) is -3.51. The number of sulfonamides is 1. The fourth-order valence-electron chi connectivity index (χ4n) is 2.96. The molecule has 0 bridgehead atoms. The molecule has 0 atom stereocenters. The quantitative estimate of drug-likeness (QED) is 0.657. The van der Waals surface area contributed by atoms with E-state index in [2.05, 4.69) is 20.3 Å². The van der Waals surface area contributed by atoms with Crippen LogP contribution in [0.25, 0.3) is 5.82 Å². The van der Waals surface area contributed by atoms with Gasteiger partial charge >= 0.3 is 0 Å². The molecule has 3 aromatic rings. The number of aryl methyl sites for hydroxylation is 1. The Bertz CT molecular complexity index is 1010. The molecular formula is C17H19N7O2S. The zero-order chi connectivity index (χ0) is 18.9. The molecule has 0 saturated carbocycles. The fraction of sp³-hybridized carbons (Fsp3) is 0.294. The summed E-state index contributed by atoms with van der Waals surface area (Å²) in [6.45, 7) is 3.79. The Morgan fingerprint density at radius 1 is 0.963 bits per heavy atom. The molecule has 0 unspecified atom stereocenters. The van der Waals surface area contributed by atoms with Crippen LogP contribution in [-0.2, 0) is 10.0 Å². The highest BCUT2D eigenvalue weighted by Gasteiger charge is 2.29. The van der Waals surface area contributed by atoms with Gasteiger partial charge in [0.05, 0.1) is 5.69 Å². The monoisotopic (exact) mass is 385 g/mol. The lowest BCUT2D eigenvalue weighted by Crippen LogP contribution is -2.49. The molecule has 0 amide bonds. The summed E-state index contributed by atoms with van der Waals surface area (Å²) < 4.78 is 28.5. The van der Waals surface area contributed by atoms with Crippen molar-refractivity contribution in [2.24, 2.45) is 0 Å². The maximum absolute atomic E-state index is 12.7. The summed E-state index contributed by atoms with van der Waals surface area (Å²) in [5, 5.41) is 12.8. The molecular weight excluding hydrogens is 366 g/mol. The smallest absolute Gasteiger partial charge is 0.244 e. The number of hydrogen-bond donors (Lipinski definition) is 0. The number of hydrogen-bond acceptors (Lipinski definition) is 7. The van der Waals surface area contributed by atoms with Crippen LogP contribution in [0, 0.1) is 6.92 Å².